The van der Waals surface area contributed by atoms with Crippen LogP contribution in [0, 0.1) is 0 Å². The Morgan fingerprint density at radius 2 is 0.805 bits per heavy atom. The molecular weight excluding hydrogens is 1590 g/mol. The van der Waals surface area contributed by atoms with Gasteiger partial charge in [0.2, 0.25) is 30.6 Å². The molecule has 1 saturated carbocycles. The van der Waals surface area contributed by atoms with E-state index in [1.807, 2.05) is 0 Å². The highest BCUT2D eigenvalue weighted by Crippen LogP contribution is 2.64. The highest BCUT2D eigenvalue weighted by atomic mass is 31.2. The number of aromatic nitrogens is 6. The number of nitrogens with one attached hydrogen (secondary N) is 3. The van der Waals surface area contributed by atoms with Crippen molar-refractivity contribution >= 4 is 64.6 Å². The van der Waals surface area contributed by atoms with Gasteiger partial charge in [-0.3, -0.25) is 68.8 Å². The number of phosphoric acid groups is 3. The molecule has 608 valence electrons. The van der Waals surface area contributed by atoms with Crippen LogP contribution in [-0.4, -0.2) is 174 Å². The maximum Gasteiger partial charge on any atom is 0.475 e. The second kappa shape index (κ2) is 29.9. The van der Waals surface area contributed by atoms with Crippen molar-refractivity contribution in [3.05, 3.63) is 140 Å². The molecule has 4 N–H and O–H groups in total. The first-order chi connectivity index (χ1) is 53.1. The molecule has 13 atom stereocenters. The molecule has 7 unspecified atom stereocenters. The number of nitrogens with zero attached hydrogens (tertiary/aromatic N) is 6. The largest absolute Gasteiger partial charge is 0.485 e. The number of fused-ring (bicyclic) bond motifs is 6. The Balaban J connectivity index is 0.000000141. The van der Waals surface area contributed by atoms with Crippen molar-refractivity contribution in [3.63, 3.8) is 0 Å². The van der Waals surface area contributed by atoms with Crippen molar-refractivity contribution in [2.45, 2.75) is 177 Å². The number of halogens is 6. The minimum absolute atomic E-state index is 0.0225. The van der Waals surface area contributed by atoms with Crippen molar-refractivity contribution in [2.75, 3.05) is 42.4 Å². The molecule has 7 fully saturated rings. The molecule has 113 heavy (non-hydrogen) atoms. The van der Waals surface area contributed by atoms with Crippen molar-refractivity contribution in [2.24, 2.45) is 0 Å². The molecule has 0 radical (unpaired) electrons. The minimum atomic E-state index is -4.27. The van der Waals surface area contributed by atoms with Gasteiger partial charge in [-0.2, -0.15) is 41.3 Å². The van der Waals surface area contributed by atoms with Crippen molar-refractivity contribution in [3.8, 4) is 34.5 Å². The molecule has 3 aromatic carbocycles. The zero-order valence-electron chi connectivity index (χ0n) is 60.1. The molecule has 10 aliphatic rings. The predicted molar refractivity (Wildman–Crippen MR) is 365 cm³/mol. The number of benzene rings is 3. The van der Waals surface area contributed by atoms with E-state index in [9.17, 15) is 47.3 Å². The van der Waals surface area contributed by atoms with Crippen LogP contribution in [0.1, 0.15) is 118 Å². The van der Waals surface area contributed by atoms with Crippen molar-refractivity contribution in [1.29, 1.82) is 0 Å². The van der Waals surface area contributed by atoms with E-state index >= 15 is 26.3 Å². The highest BCUT2D eigenvalue weighted by molar-refractivity contribution is 7.49. The van der Waals surface area contributed by atoms with Gasteiger partial charge < -0.3 is 63.7 Å². The van der Waals surface area contributed by atoms with Crippen LogP contribution in [0.15, 0.2) is 106 Å². The molecule has 9 aliphatic heterocycles. The first kappa shape index (κ1) is 80.4. The third kappa shape index (κ3) is 16.6. The van der Waals surface area contributed by atoms with E-state index < -0.39 is 193 Å². The Kier molecular flexibility index (Phi) is 21.2. The van der Waals surface area contributed by atoms with E-state index in [0.717, 1.165) is 37.5 Å². The zero-order chi connectivity index (χ0) is 81.0. The molecule has 38 nitrogen and oxygen atoms in total. The van der Waals surface area contributed by atoms with E-state index in [4.69, 9.17) is 88.5 Å². The average Bonchev–Trinajstić information content (AvgIpc) is 1.61. The van der Waals surface area contributed by atoms with Crippen molar-refractivity contribution in [1.82, 2.24) is 28.7 Å². The number of carbonyl (C=O) groups is 4. The number of aliphatic carboxylic acids is 1. The molecule has 12 heterocycles. The van der Waals surface area contributed by atoms with Crippen LogP contribution in [0.3, 0.4) is 0 Å². The Bertz CT molecular complexity index is 4940. The first-order valence-electron chi connectivity index (χ1n) is 34.5. The van der Waals surface area contributed by atoms with E-state index in [-0.39, 0.29) is 52.2 Å². The summed E-state index contributed by atoms with van der Waals surface area (Å²) in [5.41, 5.74) is -2.95. The Hall–Kier alpha value is -9.23. The lowest BCUT2D eigenvalue weighted by Gasteiger charge is -2.32. The number of phosphoric ester groups is 3. The molecule has 3 amide bonds. The number of carboxylic acid groups (broad SMARTS) is 1. The third-order valence-corrected chi connectivity index (χ3v) is 22.4. The van der Waals surface area contributed by atoms with Crippen LogP contribution in [0.2, 0.25) is 0 Å². The minimum Gasteiger partial charge on any atom is -0.485 e. The van der Waals surface area contributed by atoms with Gasteiger partial charge in [-0.1, -0.05) is 0 Å². The fourth-order valence-corrected chi connectivity index (χ4v) is 17.1. The molecule has 6 aromatic rings. The van der Waals surface area contributed by atoms with Gasteiger partial charge in [0, 0.05) is 62.0 Å². The molecular formula is C66H68F6N9O29P3. The van der Waals surface area contributed by atoms with Gasteiger partial charge in [-0.25, -0.2) is 32.9 Å². The fourth-order valence-electron chi connectivity index (χ4n) is 12.4. The third-order valence-electron chi connectivity index (χ3n) is 17.5. The summed E-state index contributed by atoms with van der Waals surface area (Å²) >= 11 is 0. The summed E-state index contributed by atoms with van der Waals surface area (Å²) in [5, 5.41) is 16.4. The lowest BCUT2D eigenvalue weighted by atomic mass is 10.1. The van der Waals surface area contributed by atoms with Crippen LogP contribution in [0.5, 0.6) is 34.5 Å². The van der Waals surface area contributed by atoms with Crippen LogP contribution < -0.4 is 61.4 Å². The second-order valence-corrected chi connectivity index (χ2v) is 32.4. The van der Waals surface area contributed by atoms with Gasteiger partial charge in [-0.05, 0) is 114 Å². The summed E-state index contributed by atoms with van der Waals surface area (Å²) in [6.45, 7) is 11.0. The maximum absolute atomic E-state index is 15.2. The number of hydrogen-bond acceptors (Lipinski definition) is 31. The monoisotopic (exact) mass is 1660 g/mol. The number of alkyl halides is 6. The quantitative estimate of drug-likeness (QED) is 0.0518. The predicted octanol–water partition coefficient (Wildman–Crippen LogP) is 8.92. The molecule has 6 saturated heterocycles. The van der Waals surface area contributed by atoms with Gasteiger partial charge in [0.25, 0.3) is 23.5 Å². The number of carbonyl (C=O) groups excluding carboxylic acids is 3. The normalized spacial score (nSPS) is 29.5. The second-order valence-electron chi connectivity index (χ2n) is 27.7. The van der Waals surface area contributed by atoms with Crippen molar-refractivity contribution < 1.29 is 148 Å². The Morgan fingerprint density at radius 3 is 1.15 bits per heavy atom. The number of anilines is 3. The van der Waals surface area contributed by atoms with Gasteiger partial charge >= 0.3 is 64.3 Å². The lowest BCUT2D eigenvalue weighted by molar-refractivity contribution is -0.147. The van der Waals surface area contributed by atoms with Crippen LogP contribution in [-0.2, 0) is 73.4 Å². The SMILES string of the molecule is CC(C)OP1(=O)OC[C@H]2OC(n3ccc(NC(=O)c4ccc5c(c4)OC(C(=O)O)CO5)nc3=O)C(F)(F)[C@@H]2O1.CC(C)OP1(=O)OC[C@H]2OC(n3ccc(NC(=O)c4ccc5c(c4)OC(C)(C)O5)nc3=O)C(F)(F)[C@@H]2O1.CC(C)OP1(=O)OC[C@H]2OC(n3ccc(NC(=O)c4ccc5c(c4)OC4(CC4)O5)nc3=O)C(F)(F)[C@@H]2O1. The first-order valence-corrected chi connectivity index (χ1v) is 38.8. The number of rotatable bonds is 16. The highest BCUT2D eigenvalue weighted by Gasteiger charge is 2.68. The Labute approximate surface area is 632 Å². The summed E-state index contributed by atoms with van der Waals surface area (Å²) in [7, 11) is -12.8. The van der Waals surface area contributed by atoms with Gasteiger partial charge in [0.05, 0.1) is 38.1 Å². The molecule has 1 aliphatic carbocycles. The molecule has 0 bridgehead atoms. The Morgan fingerprint density at radius 1 is 0.478 bits per heavy atom. The van der Waals surface area contributed by atoms with Crippen LogP contribution >= 0.6 is 23.5 Å². The number of ether oxygens (including phenoxy) is 9. The van der Waals surface area contributed by atoms with Gasteiger partial charge in [0.15, 0.2) is 52.8 Å². The fraction of sp³-hybridized carbons (Fsp3) is 0.485. The smallest absolute Gasteiger partial charge is 0.475 e. The summed E-state index contributed by atoms with van der Waals surface area (Å²) in [5.74, 6) is -14.6. The van der Waals surface area contributed by atoms with Crippen LogP contribution in [0.4, 0.5) is 43.8 Å². The summed E-state index contributed by atoms with van der Waals surface area (Å²) < 4.78 is 225. The summed E-state index contributed by atoms with van der Waals surface area (Å²) in [6, 6.07) is 16.7. The lowest BCUT2D eigenvalue weighted by Crippen LogP contribution is -2.45. The summed E-state index contributed by atoms with van der Waals surface area (Å²) in [6.07, 6.45) is -14.9. The molecule has 16 rings (SSSR count). The van der Waals surface area contributed by atoms with E-state index in [2.05, 4.69) is 30.9 Å². The molecule has 1 spiro atoms. The average molecular weight is 1660 g/mol. The van der Waals surface area contributed by atoms with Gasteiger partial charge in [-0.15, -0.1) is 0 Å². The standard InChI is InChI=1S/C22H22F2N3O11P.C22H22F2N3O9P.C22H24F2N3O9P/c1-10(2)37-39(32)34-9-14-17(38-39)22(23,24)20(36-14)27-6-5-16(26-21(27)31)25-18(28)11-3-4-12-13(7-11)35-15(8-33-12)19(29)30;1-11(2)35-37(30)31-10-15-17(36-37)22(23,24)19(32-15)27-8-5-16(26-20(27)29)25-18(28)12-3-4-13-14(9-12)34-21(33-13)6-7-21;1-11(2)35-37(30)31-10-15-17(36-37)22(23,24)19(32-15)27-8-7-16(26-20(27)29)25-18(28)12-5-6-13-14(9-12)34-21(3,4)33-13/h3-7,10,14-15,17,20H,8-9H2,1-2H3,(H,29,30)(H,25,26,28,31);3-5,8-9,11,15,17,19H,6-7,10H2,1-2H3,(H,25,26,28,29);5-9,11,15,17,19H,10H2,1-4H3,(H,25,26,28,29)/t14-,15?,17-,20?,39?;2*15-,17-,19?,37?/m111/s1. The summed E-state index contributed by atoms with van der Waals surface area (Å²) in [4.78, 5) is 98.1. The van der Waals surface area contributed by atoms with Gasteiger partial charge in [0.1, 0.15) is 42.4 Å². The van der Waals surface area contributed by atoms with E-state index in [0.29, 0.717) is 36.7 Å². The van der Waals surface area contributed by atoms with Crippen LogP contribution in [0.25, 0.3) is 0 Å². The van der Waals surface area contributed by atoms with E-state index in [1.165, 1.54) is 68.4 Å². The zero-order valence-corrected chi connectivity index (χ0v) is 62.8. The maximum atomic E-state index is 15.2. The number of hydrogen-bond donors (Lipinski definition) is 4. The molecule has 47 heteroatoms. The number of amides is 3. The molecule has 3 aromatic heterocycles. The number of carboxylic acids is 1. The topological polar surface area (TPSA) is 447 Å². The van der Waals surface area contributed by atoms with E-state index in [1.54, 1.807) is 53.7 Å².